The number of halogens is 1. The van der Waals surface area contributed by atoms with Gasteiger partial charge in [-0.15, -0.1) is 0 Å². The number of rotatable bonds is 2. The summed E-state index contributed by atoms with van der Waals surface area (Å²) in [5, 5.41) is 0.225. The van der Waals surface area contributed by atoms with Gasteiger partial charge in [-0.05, 0) is 33.6 Å². The standard InChI is InChI=1S/C13H23ClN4O2/c1-13(2,3)20-12(19)18-6-4-9(5-7-18)17-11(14)10(16)8-15/h8-9H,4-7,15-16H2,1-3H3. The molecule has 0 saturated carbocycles. The third-order valence-electron chi connectivity index (χ3n) is 2.83. The van der Waals surface area contributed by atoms with Crippen molar-refractivity contribution in [2.45, 2.75) is 45.3 Å². The quantitative estimate of drug-likeness (QED) is 0.760. The molecule has 1 heterocycles. The van der Waals surface area contributed by atoms with E-state index in [0.717, 1.165) is 12.8 Å². The van der Waals surface area contributed by atoms with E-state index >= 15 is 0 Å². The van der Waals surface area contributed by atoms with E-state index in [2.05, 4.69) is 4.99 Å². The van der Waals surface area contributed by atoms with Crippen molar-refractivity contribution in [1.82, 2.24) is 4.90 Å². The van der Waals surface area contributed by atoms with Crippen LogP contribution in [0.25, 0.3) is 0 Å². The lowest BCUT2D eigenvalue weighted by molar-refractivity contribution is 0.0207. The van der Waals surface area contributed by atoms with E-state index in [1.807, 2.05) is 20.8 Å². The second-order valence-electron chi connectivity index (χ2n) is 5.74. The van der Waals surface area contributed by atoms with Crippen LogP contribution in [0.3, 0.4) is 0 Å². The first kappa shape index (κ1) is 16.6. The molecule has 0 unspecified atom stereocenters. The van der Waals surface area contributed by atoms with Gasteiger partial charge in [0.25, 0.3) is 0 Å². The van der Waals surface area contributed by atoms with Gasteiger partial charge in [0.15, 0.2) is 0 Å². The van der Waals surface area contributed by atoms with Crippen molar-refractivity contribution < 1.29 is 9.53 Å². The van der Waals surface area contributed by atoms with E-state index in [9.17, 15) is 4.79 Å². The highest BCUT2D eigenvalue weighted by molar-refractivity contribution is 6.69. The molecule has 0 radical (unpaired) electrons. The topological polar surface area (TPSA) is 93.9 Å². The first-order valence-corrected chi connectivity index (χ1v) is 6.99. The van der Waals surface area contributed by atoms with Crippen LogP contribution in [-0.2, 0) is 4.74 Å². The predicted octanol–water partition coefficient (Wildman–Crippen LogP) is 1.78. The molecule has 0 aromatic rings. The first-order valence-electron chi connectivity index (χ1n) is 6.62. The molecule has 7 heteroatoms. The van der Waals surface area contributed by atoms with Gasteiger partial charge >= 0.3 is 6.09 Å². The summed E-state index contributed by atoms with van der Waals surface area (Å²) in [6.45, 7) is 6.75. The van der Waals surface area contributed by atoms with Crippen molar-refractivity contribution in [3.63, 3.8) is 0 Å². The number of hydrogen-bond donors (Lipinski definition) is 2. The minimum absolute atomic E-state index is 0.0553. The third kappa shape index (κ3) is 5.28. The molecule has 0 aromatic carbocycles. The molecule has 4 N–H and O–H groups in total. The Kier molecular flexibility index (Phi) is 5.68. The Morgan fingerprint density at radius 2 is 1.95 bits per heavy atom. The maximum absolute atomic E-state index is 11.9. The summed E-state index contributed by atoms with van der Waals surface area (Å²) in [5.41, 5.74) is 10.6. The summed E-state index contributed by atoms with van der Waals surface area (Å²) in [4.78, 5) is 17.9. The van der Waals surface area contributed by atoms with E-state index < -0.39 is 5.60 Å². The molecule has 0 bridgehead atoms. The Hall–Kier alpha value is -1.43. The highest BCUT2D eigenvalue weighted by Gasteiger charge is 2.26. The average molecular weight is 303 g/mol. The zero-order valence-electron chi connectivity index (χ0n) is 12.2. The predicted molar refractivity (Wildman–Crippen MR) is 80.6 cm³/mol. The van der Waals surface area contributed by atoms with Crippen LogP contribution in [0.5, 0.6) is 0 Å². The number of carbonyl (C=O) groups excluding carboxylic acids is 1. The molecule has 114 valence electrons. The highest BCUT2D eigenvalue weighted by Crippen LogP contribution is 2.18. The van der Waals surface area contributed by atoms with Crippen molar-refractivity contribution in [3.8, 4) is 0 Å². The number of likely N-dealkylation sites (tertiary alicyclic amines) is 1. The molecule has 6 nitrogen and oxygen atoms in total. The van der Waals surface area contributed by atoms with Crippen LogP contribution in [0.15, 0.2) is 16.9 Å². The van der Waals surface area contributed by atoms with Crippen LogP contribution in [0.4, 0.5) is 4.79 Å². The van der Waals surface area contributed by atoms with E-state index in [4.69, 9.17) is 27.8 Å². The summed E-state index contributed by atoms with van der Waals surface area (Å²) in [7, 11) is 0. The maximum atomic E-state index is 11.9. The molecule has 1 rings (SSSR count). The molecule has 0 aromatic heterocycles. The number of ether oxygens (including phenoxy) is 1. The number of nitrogens with zero attached hydrogens (tertiary/aromatic N) is 2. The highest BCUT2D eigenvalue weighted by atomic mass is 35.5. The van der Waals surface area contributed by atoms with Crippen LogP contribution in [0, 0.1) is 0 Å². The minimum atomic E-state index is -0.476. The van der Waals surface area contributed by atoms with Gasteiger partial charge in [-0.25, -0.2) is 4.79 Å². The van der Waals surface area contributed by atoms with Crippen LogP contribution in [0.2, 0.25) is 0 Å². The zero-order valence-corrected chi connectivity index (χ0v) is 13.0. The lowest BCUT2D eigenvalue weighted by atomic mass is 10.1. The van der Waals surface area contributed by atoms with Gasteiger partial charge in [0.1, 0.15) is 10.8 Å². The van der Waals surface area contributed by atoms with Crippen LogP contribution < -0.4 is 11.5 Å². The van der Waals surface area contributed by atoms with Gasteiger partial charge in [0.05, 0.1) is 11.7 Å². The monoisotopic (exact) mass is 302 g/mol. The Morgan fingerprint density at radius 1 is 1.40 bits per heavy atom. The lowest BCUT2D eigenvalue weighted by Gasteiger charge is -2.32. The Balaban J connectivity index is 2.50. The van der Waals surface area contributed by atoms with Gasteiger partial charge < -0.3 is 21.1 Å². The number of hydrogen-bond acceptors (Lipinski definition) is 5. The van der Waals surface area contributed by atoms with E-state index in [0.29, 0.717) is 13.1 Å². The molecule has 0 atom stereocenters. The van der Waals surface area contributed by atoms with Gasteiger partial charge in [-0.1, -0.05) is 11.6 Å². The summed E-state index contributed by atoms with van der Waals surface area (Å²) in [6.07, 6.45) is 2.40. The van der Waals surface area contributed by atoms with Gasteiger partial charge in [0, 0.05) is 19.3 Å². The second kappa shape index (κ2) is 6.83. The summed E-state index contributed by atoms with van der Waals surface area (Å²) < 4.78 is 5.33. The minimum Gasteiger partial charge on any atom is -0.444 e. The fraction of sp³-hybridized carbons (Fsp3) is 0.692. The molecule has 1 fully saturated rings. The smallest absolute Gasteiger partial charge is 0.410 e. The van der Waals surface area contributed by atoms with Crippen molar-refractivity contribution in [2.75, 3.05) is 13.1 Å². The fourth-order valence-electron chi connectivity index (χ4n) is 1.81. The van der Waals surface area contributed by atoms with Gasteiger partial charge in [-0.2, -0.15) is 0 Å². The van der Waals surface area contributed by atoms with E-state index in [1.54, 1.807) is 4.90 Å². The summed E-state index contributed by atoms with van der Waals surface area (Å²) in [5.74, 6) is 0. The molecule has 0 spiro atoms. The number of piperidine rings is 1. The van der Waals surface area contributed by atoms with Crippen molar-refractivity contribution in [2.24, 2.45) is 16.5 Å². The zero-order chi connectivity index (χ0) is 15.3. The molecule has 20 heavy (non-hydrogen) atoms. The van der Waals surface area contributed by atoms with E-state index in [-0.39, 0.29) is 23.0 Å². The molecule has 1 amide bonds. The van der Waals surface area contributed by atoms with Crippen LogP contribution in [0.1, 0.15) is 33.6 Å². The largest absolute Gasteiger partial charge is 0.444 e. The number of allylic oxidation sites excluding steroid dienone is 1. The fourth-order valence-corrected chi connectivity index (χ4v) is 2.01. The summed E-state index contributed by atoms with van der Waals surface area (Å²) in [6, 6.07) is 0.0553. The average Bonchev–Trinajstić information content (AvgIpc) is 2.36. The van der Waals surface area contributed by atoms with Crippen LogP contribution in [-0.4, -0.2) is 40.9 Å². The third-order valence-corrected chi connectivity index (χ3v) is 3.15. The molecule has 0 aliphatic carbocycles. The van der Waals surface area contributed by atoms with Crippen molar-refractivity contribution in [3.05, 3.63) is 11.9 Å². The maximum Gasteiger partial charge on any atom is 0.410 e. The Morgan fingerprint density at radius 3 is 2.40 bits per heavy atom. The Bertz CT molecular complexity index is 407. The molecule has 1 aliphatic rings. The molecule has 1 aliphatic heterocycles. The molecular weight excluding hydrogens is 280 g/mol. The summed E-state index contributed by atoms with van der Waals surface area (Å²) >= 11 is 5.92. The molecular formula is C13H23ClN4O2. The number of carbonyl (C=O) groups is 1. The Labute approximate surface area is 124 Å². The number of nitrogens with two attached hydrogens (primary N) is 2. The number of amides is 1. The van der Waals surface area contributed by atoms with Crippen molar-refractivity contribution >= 4 is 22.9 Å². The van der Waals surface area contributed by atoms with E-state index in [1.165, 1.54) is 6.20 Å². The normalized spacial score (nSPS) is 19.1. The SMILES string of the molecule is CC(C)(C)OC(=O)N1CCC(N=C(Cl)C(N)=CN)CC1. The molecule has 1 saturated heterocycles. The lowest BCUT2D eigenvalue weighted by Crippen LogP contribution is -2.42. The van der Waals surface area contributed by atoms with Crippen molar-refractivity contribution in [1.29, 1.82) is 0 Å². The van der Waals surface area contributed by atoms with Gasteiger partial charge in [0.2, 0.25) is 0 Å². The first-order chi connectivity index (χ1) is 9.23. The second-order valence-corrected chi connectivity index (χ2v) is 6.10. The van der Waals surface area contributed by atoms with Crippen LogP contribution >= 0.6 is 11.6 Å². The van der Waals surface area contributed by atoms with Gasteiger partial charge in [-0.3, -0.25) is 4.99 Å². The number of aliphatic imine (C=N–C) groups is 1.